The zero-order valence-corrected chi connectivity index (χ0v) is 12.5. The van der Waals surface area contributed by atoms with Crippen LogP contribution in [0.1, 0.15) is 13.3 Å². The third-order valence-corrected chi connectivity index (χ3v) is 3.54. The zero-order valence-electron chi connectivity index (χ0n) is 12.5. The van der Waals surface area contributed by atoms with Gasteiger partial charge in [0.1, 0.15) is 5.82 Å². The molecule has 0 aliphatic rings. The van der Waals surface area contributed by atoms with Crippen LogP contribution in [0.25, 0.3) is 17.0 Å². The van der Waals surface area contributed by atoms with Crippen LogP contribution in [-0.4, -0.2) is 37.8 Å². The summed E-state index contributed by atoms with van der Waals surface area (Å²) in [6.07, 6.45) is 1.41. The standard InChI is InChI=1S/C15H16F2N6/c1-10(14(16)17)4-9-19-12-2-3-13-20-21-15(23(13)22-12)11-5-7-18-8-6-11/h2-3,5-8,10,14H,4,9H2,1H3,(H,19,22). The smallest absolute Gasteiger partial charge is 0.241 e. The molecule has 3 aromatic heterocycles. The number of hydrogen-bond donors (Lipinski definition) is 1. The van der Waals surface area contributed by atoms with Gasteiger partial charge in [0, 0.05) is 30.4 Å². The molecule has 0 amide bonds. The lowest BCUT2D eigenvalue weighted by molar-refractivity contribution is 0.0837. The number of pyridine rings is 1. The van der Waals surface area contributed by atoms with Crippen molar-refractivity contribution in [3.05, 3.63) is 36.7 Å². The molecule has 1 unspecified atom stereocenters. The van der Waals surface area contributed by atoms with Gasteiger partial charge in [-0.05, 0) is 30.7 Å². The summed E-state index contributed by atoms with van der Waals surface area (Å²) in [7, 11) is 0. The summed E-state index contributed by atoms with van der Waals surface area (Å²) in [5.74, 6) is 0.551. The van der Waals surface area contributed by atoms with E-state index in [1.807, 2.05) is 12.1 Å². The van der Waals surface area contributed by atoms with Gasteiger partial charge in [0.25, 0.3) is 0 Å². The highest BCUT2D eigenvalue weighted by Gasteiger charge is 2.14. The number of anilines is 1. The average Bonchev–Trinajstić information content (AvgIpc) is 2.98. The Bertz CT molecular complexity index is 774. The van der Waals surface area contributed by atoms with Crippen LogP contribution in [0.4, 0.5) is 14.6 Å². The molecular formula is C15H16F2N6. The molecule has 0 fully saturated rings. The van der Waals surface area contributed by atoms with Crippen molar-refractivity contribution in [3.8, 4) is 11.4 Å². The van der Waals surface area contributed by atoms with Gasteiger partial charge >= 0.3 is 0 Å². The van der Waals surface area contributed by atoms with E-state index < -0.39 is 12.3 Å². The van der Waals surface area contributed by atoms with Crippen LogP contribution in [-0.2, 0) is 0 Å². The van der Waals surface area contributed by atoms with Gasteiger partial charge in [0.05, 0.1) is 0 Å². The first-order chi connectivity index (χ1) is 11.1. The Morgan fingerprint density at radius 1 is 1.13 bits per heavy atom. The normalized spacial score (nSPS) is 12.7. The molecule has 0 aromatic carbocycles. The minimum atomic E-state index is -2.30. The number of aromatic nitrogens is 5. The van der Waals surface area contributed by atoms with Gasteiger partial charge in [-0.3, -0.25) is 4.98 Å². The fourth-order valence-electron chi connectivity index (χ4n) is 2.12. The third kappa shape index (κ3) is 3.41. The van der Waals surface area contributed by atoms with Gasteiger partial charge in [-0.1, -0.05) is 6.92 Å². The molecule has 8 heteroatoms. The quantitative estimate of drug-likeness (QED) is 0.757. The molecule has 0 spiro atoms. The molecule has 120 valence electrons. The molecule has 3 aromatic rings. The number of rotatable bonds is 6. The Morgan fingerprint density at radius 3 is 2.65 bits per heavy atom. The van der Waals surface area contributed by atoms with Crippen LogP contribution in [0.5, 0.6) is 0 Å². The van der Waals surface area contributed by atoms with Gasteiger partial charge in [-0.15, -0.1) is 15.3 Å². The molecule has 23 heavy (non-hydrogen) atoms. The molecule has 6 nitrogen and oxygen atoms in total. The summed E-state index contributed by atoms with van der Waals surface area (Å²) >= 11 is 0. The first-order valence-electron chi connectivity index (χ1n) is 7.30. The number of fused-ring (bicyclic) bond motifs is 1. The van der Waals surface area contributed by atoms with Crippen molar-refractivity contribution in [1.29, 1.82) is 0 Å². The Morgan fingerprint density at radius 2 is 1.91 bits per heavy atom. The lowest BCUT2D eigenvalue weighted by atomic mass is 10.1. The van der Waals surface area contributed by atoms with Gasteiger partial charge in [0.2, 0.25) is 6.43 Å². The van der Waals surface area contributed by atoms with Crippen molar-refractivity contribution in [2.45, 2.75) is 19.8 Å². The van der Waals surface area contributed by atoms with Crippen molar-refractivity contribution in [2.75, 3.05) is 11.9 Å². The minimum absolute atomic E-state index is 0.372. The second-order valence-electron chi connectivity index (χ2n) is 5.28. The van der Waals surface area contributed by atoms with Crippen LogP contribution >= 0.6 is 0 Å². The third-order valence-electron chi connectivity index (χ3n) is 3.54. The van der Waals surface area contributed by atoms with Crippen LogP contribution in [0.3, 0.4) is 0 Å². The highest BCUT2D eigenvalue weighted by Crippen LogP contribution is 2.18. The van der Waals surface area contributed by atoms with Gasteiger partial charge < -0.3 is 5.32 Å². The van der Waals surface area contributed by atoms with Crippen molar-refractivity contribution < 1.29 is 8.78 Å². The lowest BCUT2D eigenvalue weighted by Crippen LogP contribution is -2.14. The number of halogens is 2. The summed E-state index contributed by atoms with van der Waals surface area (Å²) in [5.41, 5.74) is 1.46. The van der Waals surface area contributed by atoms with E-state index >= 15 is 0 Å². The van der Waals surface area contributed by atoms with Crippen LogP contribution in [0, 0.1) is 5.92 Å². The summed E-state index contributed by atoms with van der Waals surface area (Å²) in [4.78, 5) is 3.97. The van der Waals surface area contributed by atoms with E-state index in [0.717, 1.165) is 5.56 Å². The maximum Gasteiger partial charge on any atom is 0.241 e. The van der Waals surface area contributed by atoms with E-state index in [1.165, 1.54) is 6.92 Å². The molecular weight excluding hydrogens is 302 g/mol. The van der Waals surface area contributed by atoms with E-state index in [0.29, 0.717) is 30.3 Å². The van der Waals surface area contributed by atoms with Gasteiger partial charge in [0.15, 0.2) is 11.5 Å². The molecule has 0 bridgehead atoms. The molecule has 0 saturated carbocycles. The fourth-order valence-corrected chi connectivity index (χ4v) is 2.12. The maximum absolute atomic E-state index is 12.5. The Labute approximate surface area is 131 Å². The van der Waals surface area contributed by atoms with E-state index in [1.54, 1.807) is 29.0 Å². The predicted molar refractivity (Wildman–Crippen MR) is 82.3 cm³/mol. The molecule has 3 heterocycles. The van der Waals surface area contributed by atoms with Crippen molar-refractivity contribution in [1.82, 2.24) is 24.8 Å². The number of nitrogens with zero attached hydrogens (tertiary/aromatic N) is 5. The Hall–Kier alpha value is -2.64. The lowest BCUT2D eigenvalue weighted by Gasteiger charge is -2.11. The fraction of sp³-hybridized carbons (Fsp3) is 0.333. The van der Waals surface area contributed by atoms with Crippen LogP contribution in [0.2, 0.25) is 0 Å². The average molecular weight is 318 g/mol. The second kappa shape index (κ2) is 6.64. The van der Waals surface area contributed by atoms with E-state index in [2.05, 4.69) is 25.6 Å². The van der Waals surface area contributed by atoms with Crippen molar-refractivity contribution in [2.24, 2.45) is 5.92 Å². The van der Waals surface area contributed by atoms with Gasteiger partial charge in [-0.2, -0.15) is 4.52 Å². The first kappa shape index (κ1) is 15.3. The molecule has 0 aliphatic heterocycles. The summed E-state index contributed by atoms with van der Waals surface area (Å²) in [5, 5.41) is 15.7. The zero-order chi connectivity index (χ0) is 16.2. The molecule has 1 atom stereocenters. The predicted octanol–water partition coefficient (Wildman–Crippen LogP) is 2.89. The molecule has 0 saturated heterocycles. The van der Waals surface area contributed by atoms with Gasteiger partial charge in [-0.25, -0.2) is 8.78 Å². The molecule has 0 radical (unpaired) electrons. The van der Waals surface area contributed by atoms with E-state index in [4.69, 9.17) is 0 Å². The largest absolute Gasteiger partial charge is 0.369 e. The molecule has 3 rings (SSSR count). The topological polar surface area (TPSA) is 68.0 Å². The van der Waals surface area contributed by atoms with Crippen molar-refractivity contribution in [3.63, 3.8) is 0 Å². The van der Waals surface area contributed by atoms with Crippen LogP contribution < -0.4 is 5.32 Å². The highest BCUT2D eigenvalue weighted by molar-refractivity contribution is 5.58. The summed E-state index contributed by atoms with van der Waals surface area (Å²) in [6, 6.07) is 7.18. The van der Waals surface area contributed by atoms with E-state index in [9.17, 15) is 8.78 Å². The molecule has 0 aliphatic carbocycles. The summed E-state index contributed by atoms with van der Waals surface area (Å²) in [6.45, 7) is 1.96. The van der Waals surface area contributed by atoms with Crippen LogP contribution in [0.15, 0.2) is 36.7 Å². The first-order valence-corrected chi connectivity index (χ1v) is 7.30. The maximum atomic E-state index is 12.5. The Balaban J connectivity index is 1.78. The highest BCUT2D eigenvalue weighted by atomic mass is 19.3. The monoisotopic (exact) mass is 318 g/mol. The number of alkyl halides is 2. The number of nitrogens with one attached hydrogen (secondary N) is 1. The van der Waals surface area contributed by atoms with Crippen molar-refractivity contribution >= 4 is 11.5 Å². The second-order valence-corrected chi connectivity index (χ2v) is 5.28. The Kier molecular flexibility index (Phi) is 4.40. The van der Waals surface area contributed by atoms with E-state index in [-0.39, 0.29) is 0 Å². The molecule has 1 N–H and O–H groups in total. The number of hydrogen-bond acceptors (Lipinski definition) is 5. The summed E-state index contributed by atoms with van der Waals surface area (Å²) < 4.78 is 26.6. The SMILES string of the molecule is CC(CCNc1ccc2nnc(-c3ccncc3)n2n1)C(F)F. The minimum Gasteiger partial charge on any atom is -0.369 e.